The maximum absolute atomic E-state index is 13.4. The molecule has 0 bridgehead atoms. The number of hydrogen-bond acceptors (Lipinski definition) is 7. The Hall–Kier alpha value is -2.55. The average molecular weight is 430 g/mol. The van der Waals surface area contributed by atoms with Crippen molar-refractivity contribution in [3.05, 3.63) is 54.3 Å². The highest BCUT2D eigenvalue weighted by atomic mass is 35.5. The molecule has 0 amide bonds. The van der Waals surface area contributed by atoms with E-state index < -0.39 is 17.9 Å². The summed E-state index contributed by atoms with van der Waals surface area (Å²) >= 11 is 0. The fourth-order valence-electron chi connectivity index (χ4n) is 2.19. The first-order valence-electron chi connectivity index (χ1n) is 8.77. The number of ether oxygens (including phenoxy) is 4. The van der Waals surface area contributed by atoms with Gasteiger partial charge in [-0.05, 0) is 24.3 Å². The summed E-state index contributed by atoms with van der Waals surface area (Å²) in [7, 11) is 1.29. The first kappa shape index (κ1) is 24.5. The number of carbonyl (C=O) groups excluding carboxylic acids is 1. The molecule has 2 rings (SSSR count). The summed E-state index contributed by atoms with van der Waals surface area (Å²) in [5, 5.41) is 12.9. The van der Waals surface area contributed by atoms with Crippen LogP contribution in [-0.2, 0) is 9.53 Å². The van der Waals surface area contributed by atoms with E-state index in [1.54, 1.807) is 36.4 Å². The summed E-state index contributed by atoms with van der Waals surface area (Å²) < 4.78 is 34.2. The second-order valence-electron chi connectivity index (χ2n) is 5.76. The van der Waals surface area contributed by atoms with Gasteiger partial charge in [0.25, 0.3) is 0 Å². The fourth-order valence-corrected chi connectivity index (χ4v) is 2.19. The van der Waals surface area contributed by atoms with Crippen LogP contribution < -0.4 is 19.5 Å². The molecule has 0 fully saturated rings. The van der Waals surface area contributed by atoms with Crippen LogP contribution in [-0.4, -0.2) is 57.2 Å². The maximum Gasteiger partial charge on any atom is 0.343 e. The molecule has 0 saturated carbocycles. The van der Waals surface area contributed by atoms with E-state index >= 15 is 0 Å². The quantitative estimate of drug-likeness (QED) is 0.395. The van der Waals surface area contributed by atoms with Crippen LogP contribution in [0, 0.1) is 5.82 Å². The molecule has 0 aliphatic heterocycles. The zero-order valence-corrected chi connectivity index (χ0v) is 16.8. The largest absolute Gasteiger partial charge is 0.488 e. The van der Waals surface area contributed by atoms with Crippen LogP contribution in [0.5, 0.6) is 17.2 Å². The van der Waals surface area contributed by atoms with Gasteiger partial charge in [0, 0.05) is 13.1 Å². The number of aliphatic hydroxyl groups excluding tert-OH is 1. The van der Waals surface area contributed by atoms with Gasteiger partial charge in [-0.25, -0.2) is 9.18 Å². The Kier molecular flexibility index (Phi) is 11.5. The molecule has 0 saturated heterocycles. The van der Waals surface area contributed by atoms with Gasteiger partial charge in [-0.1, -0.05) is 24.3 Å². The lowest BCUT2D eigenvalue weighted by molar-refractivity contribution is -0.142. The van der Waals surface area contributed by atoms with Crippen molar-refractivity contribution in [2.75, 3.05) is 40.0 Å². The molecule has 29 heavy (non-hydrogen) atoms. The molecule has 0 aliphatic rings. The van der Waals surface area contributed by atoms with E-state index in [2.05, 4.69) is 10.1 Å². The molecule has 0 spiro atoms. The zero-order chi connectivity index (χ0) is 20.2. The van der Waals surface area contributed by atoms with Crippen molar-refractivity contribution in [1.29, 1.82) is 0 Å². The highest BCUT2D eigenvalue weighted by Gasteiger charge is 2.09. The summed E-state index contributed by atoms with van der Waals surface area (Å²) in [6, 6.07) is 13.0. The Bertz CT molecular complexity index is 748. The number of aliphatic hydroxyl groups is 1. The molecule has 2 aromatic rings. The predicted octanol–water partition coefficient (Wildman–Crippen LogP) is 2.21. The lowest BCUT2D eigenvalue weighted by Crippen LogP contribution is -2.33. The monoisotopic (exact) mass is 429 g/mol. The molecule has 0 aliphatic carbocycles. The smallest absolute Gasteiger partial charge is 0.343 e. The average Bonchev–Trinajstić information content (AvgIpc) is 2.71. The minimum absolute atomic E-state index is 0. The number of nitrogens with one attached hydrogen (secondary N) is 1. The molecule has 0 aromatic heterocycles. The van der Waals surface area contributed by atoms with Gasteiger partial charge in [0.15, 0.2) is 29.7 Å². The van der Waals surface area contributed by atoms with Crippen LogP contribution in [0.3, 0.4) is 0 Å². The Labute approximate surface area is 175 Å². The Morgan fingerprint density at radius 3 is 2.31 bits per heavy atom. The molecule has 2 N–H and O–H groups in total. The minimum Gasteiger partial charge on any atom is -0.488 e. The van der Waals surface area contributed by atoms with Crippen molar-refractivity contribution in [2.45, 2.75) is 6.10 Å². The third-order valence-corrected chi connectivity index (χ3v) is 3.61. The topological polar surface area (TPSA) is 86.3 Å². The van der Waals surface area contributed by atoms with E-state index in [1.807, 2.05) is 0 Å². The highest BCUT2D eigenvalue weighted by Crippen LogP contribution is 2.26. The summed E-state index contributed by atoms with van der Waals surface area (Å²) in [4.78, 5) is 11.2. The van der Waals surface area contributed by atoms with Gasteiger partial charge >= 0.3 is 5.97 Å². The van der Waals surface area contributed by atoms with E-state index in [0.29, 0.717) is 24.7 Å². The lowest BCUT2D eigenvalue weighted by atomic mass is 10.3. The molecule has 160 valence electrons. The number of methoxy groups -OCH3 is 1. The van der Waals surface area contributed by atoms with Crippen molar-refractivity contribution in [3.63, 3.8) is 0 Å². The van der Waals surface area contributed by atoms with E-state index in [-0.39, 0.29) is 37.9 Å². The van der Waals surface area contributed by atoms with Crippen LogP contribution >= 0.6 is 12.4 Å². The van der Waals surface area contributed by atoms with E-state index in [1.165, 1.54) is 19.2 Å². The minimum atomic E-state index is -0.796. The van der Waals surface area contributed by atoms with Crippen LogP contribution in [0.15, 0.2) is 48.5 Å². The van der Waals surface area contributed by atoms with Crippen LogP contribution in [0.4, 0.5) is 4.39 Å². The van der Waals surface area contributed by atoms with Crippen molar-refractivity contribution in [2.24, 2.45) is 0 Å². The molecule has 0 heterocycles. The summed E-state index contributed by atoms with van der Waals surface area (Å²) in [5.41, 5.74) is 0. The lowest BCUT2D eigenvalue weighted by Gasteiger charge is -2.15. The summed E-state index contributed by atoms with van der Waals surface area (Å²) in [5.74, 6) is 0.0866. The van der Waals surface area contributed by atoms with Crippen molar-refractivity contribution >= 4 is 18.4 Å². The number of hydrogen-bond donors (Lipinski definition) is 2. The molecular weight excluding hydrogens is 405 g/mol. The SMILES string of the molecule is COC(=O)COc1ccccc1OCCNCC(O)COc1ccccc1F.Cl. The standard InChI is InChI=1S/C20H24FNO6.ClH/c1-25-20(24)14-28-19-9-5-4-8-18(19)26-11-10-22-12-15(23)13-27-17-7-3-2-6-16(17)21;/h2-9,15,22-23H,10-14H2,1H3;1H. The first-order valence-corrected chi connectivity index (χ1v) is 8.77. The Morgan fingerprint density at radius 1 is 1.03 bits per heavy atom. The van der Waals surface area contributed by atoms with Gasteiger partial charge in [0.1, 0.15) is 19.3 Å². The number of esters is 1. The number of carbonyl (C=O) groups is 1. The maximum atomic E-state index is 13.4. The van der Waals surface area contributed by atoms with E-state index in [9.17, 15) is 14.3 Å². The number of halogens is 2. The van der Waals surface area contributed by atoms with E-state index in [0.717, 1.165) is 0 Å². The number of para-hydroxylation sites is 3. The summed E-state index contributed by atoms with van der Waals surface area (Å²) in [6.45, 7) is 0.808. The van der Waals surface area contributed by atoms with Gasteiger partial charge in [0.2, 0.25) is 0 Å². The highest BCUT2D eigenvalue weighted by molar-refractivity contribution is 5.85. The number of benzene rings is 2. The van der Waals surface area contributed by atoms with Gasteiger partial charge in [0.05, 0.1) is 7.11 Å². The second-order valence-corrected chi connectivity index (χ2v) is 5.76. The van der Waals surface area contributed by atoms with Crippen LogP contribution in [0.2, 0.25) is 0 Å². The second kappa shape index (κ2) is 13.6. The van der Waals surface area contributed by atoms with E-state index in [4.69, 9.17) is 14.2 Å². The summed E-state index contributed by atoms with van der Waals surface area (Å²) in [6.07, 6.45) is -0.796. The zero-order valence-electron chi connectivity index (χ0n) is 16.0. The van der Waals surface area contributed by atoms with Gasteiger partial charge in [-0.3, -0.25) is 0 Å². The van der Waals surface area contributed by atoms with Crippen molar-refractivity contribution in [1.82, 2.24) is 5.32 Å². The normalized spacial score (nSPS) is 11.1. The van der Waals surface area contributed by atoms with Crippen LogP contribution in [0.1, 0.15) is 0 Å². The molecule has 1 unspecified atom stereocenters. The fraction of sp³-hybridized carbons (Fsp3) is 0.350. The first-order chi connectivity index (χ1) is 13.6. The number of rotatable bonds is 12. The molecule has 1 atom stereocenters. The van der Waals surface area contributed by atoms with Gasteiger partial charge < -0.3 is 29.4 Å². The molecule has 7 nitrogen and oxygen atoms in total. The Morgan fingerprint density at radius 2 is 1.66 bits per heavy atom. The Balaban J connectivity index is 0.00000420. The predicted molar refractivity (Wildman–Crippen MR) is 107 cm³/mol. The van der Waals surface area contributed by atoms with Crippen LogP contribution in [0.25, 0.3) is 0 Å². The van der Waals surface area contributed by atoms with Gasteiger partial charge in [-0.2, -0.15) is 0 Å². The third-order valence-electron chi connectivity index (χ3n) is 3.61. The molecular formula is C20H25ClFNO6. The molecule has 9 heteroatoms. The molecule has 0 radical (unpaired) electrons. The van der Waals surface area contributed by atoms with Crippen molar-refractivity contribution < 1.29 is 33.2 Å². The third kappa shape index (κ3) is 8.99. The van der Waals surface area contributed by atoms with Crippen molar-refractivity contribution in [3.8, 4) is 17.2 Å². The van der Waals surface area contributed by atoms with Gasteiger partial charge in [-0.15, -0.1) is 12.4 Å². The molecule has 2 aromatic carbocycles.